The zero-order valence-electron chi connectivity index (χ0n) is 15.4. The minimum Gasteiger partial charge on any atom is -0.352 e. The van der Waals surface area contributed by atoms with Crippen LogP contribution in [0.15, 0.2) is 46.9 Å². The van der Waals surface area contributed by atoms with E-state index in [0.29, 0.717) is 26.2 Å². The Hall–Kier alpha value is -2.52. The smallest absolute Gasteiger partial charge is 0.255 e. The van der Waals surface area contributed by atoms with Crippen molar-refractivity contribution in [2.75, 3.05) is 36.8 Å². The Bertz CT molecular complexity index is 1120. The minimum atomic E-state index is -3.46. The van der Waals surface area contributed by atoms with E-state index in [2.05, 4.69) is 14.9 Å². The molecule has 0 unspecified atom stereocenters. The largest absolute Gasteiger partial charge is 0.352 e. The third-order valence-electron chi connectivity index (χ3n) is 4.94. The Morgan fingerprint density at radius 2 is 1.86 bits per heavy atom. The summed E-state index contributed by atoms with van der Waals surface area (Å²) in [5.74, 6) is 0.609. The maximum Gasteiger partial charge on any atom is 0.255 e. The molecule has 3 aromatic rings. The second-order valence-electron chi connectivity index (χ2n) is 6.52. The molecule has 146 valence electrons. The van der Waals surface area contributed by atoms with Crippen LogP contribution in [0.3, 0.4) is 0 Å². The number of hydrogen-bond acceptors (Lipinski definition) is 7. The first kappa shape index (κ1) is 18.8. The number of rotatable bonds is 4. The van der Waals surface area contributed by atoms with E-state index < -0.39 is 9.84 Å². The Morgan fingerprint density at radius 1 is 1.11 bits per heavy atom. The number of hydrogen-bond donors (Lipinski definition) is 0. The molecule has 0 aliphatic carbocycles. The van der Waals surface area contributed by atoms with Gasteiger partial charge in [-0.25, -0.2) is 18.4 Å². The molecular formula is C19H20N4O3S2. The van der Waals surface area contributed by atoms with Crippen molar-refractivity contribution >= 4 is 43.1 Å². The summed E-state index contributed by atoms with van der Waals surface area (Å²) in [7, 11) is -3.46. The first-order valence-corrected chi connectivity index (χ1v) is 11.6. The Morgan fingerprint density at radius 3 is 2.61 bits per heavy atom. The minimum absolute atomic E-state index is 0.0323. The molecule has 0 bridgehead atoms. The molecule has 1 aliphatic heterocycles. The third kappa shape index (κ3) is 3.35. The van der Waals surface area contributed by atoms with Gasteiger partial charge in [-0.15, -0.1) is 11.3 Å². The van der Waals surface area contributed by atoms with E-state index in [1.54, 1.807) is 47.7 Å². The van der Waals surface area contributed by atoms with E-state index in [0.717, 1.165) is 16.0 Å². The third-order valence-corrected chi connectivity index (χ3v) is 7.55. The van der Waals surface area contributed by atoms with Crippen LogP contribution in [0.25, 0.3) is 10.2 Å². The van der Waals surface area contributed by atoms with Crippen LogP contribution in [0, 0.1) is 0 Å². The SMILES string of the molecule is CCS(=O)(=O)c1ccccc1C(=O)N1CCN(c2ncnc3sccc23)CC1. The highest BCUT2D eigenvalue weighted by Crippen LogP contribution is 2.28. The van der Waals surface area contributed by atoms with Crippen LogP contribution >= 0.6 is 11.3 Å². The average Bonchev–Trinajstić information content (AvgIpc) is 3.22. The lowest BCUT2D eigenvalue weighted by Gasteiger charge is -2.35. The number of benzene rings is 1. The number of amides is 1. The van der Waals surface area contributed by atoms with Crippen molar-refractivity contribution in [3.05, 3.63) is 47.6 Å². The van der Waals surface area contributed by atoms with Gasteiger partial charge >= 0.3 is 0 Å². The van der Waals surface area contributed by atoms with E-state index in [4.69, 9.17) is 0 Å². The van der Waals surface area contributed by atoms with Crippen molar-refractivity contribution in [3.8, 4) is 0 Å². The number of aromatic nitrogens is 2. The highest BCUT2D eigenvalue weighted by Gasteiger charge is 2.27. The highest BCUT2D eigenvalue weighted by atomic mass is 32.2. The predicted molar refractivity (Wildman–Crippen MR) is 110 cm³/mol. The van der Waals surface area contributed by atoms with E-state index in [1.165, 1.54) is 6.07 Å². The first-order chi connectivity index (χ1) is 13.5. The normalized spacial score (nSPS) is 15.2. The van der Waals surface area contributed by atoms with Crippen LogP contribution in [-0.2, 0) is 9.84 Å². The number of nitrogens with zero attached hydrogens (tertiary/aromatic N) is 4. The molecule has 0 N–H and O–H groups in total. The summed E-state index contributed by atoms with van der Waals surface area (Å²) >= 11 is 1.57. The van der Waals surface area contributed by atoms with Crippen LogP contribution in [0.5, 0.6) is 0 Å². The lowest BCUT2D eigenvalue weighted by atomic mass is 10.1. The number of carbonyl (C=O) groups is 1. The first-order valence-electron chi connectivity index (χ1n) is 9.05. The summed E-state index contributed by atoms with van der Waals surface area (Å²) in [6.45, 7) is 3.87. The summed E-state index contributed by atoms with van der Waals surface area (Å²) < 4.78 is 24.7. The van der Waals surface area contributed by atoms with Crippen LogP contribution in [-0.4, -0.2) is 61.1 Å². The van der Waals surface area contributed by atoms with Crippen molar-refractivity contribution in [1.29, 1.82) is 0 Å². The molecular weight excluding hydrogens is 396 g/mol. The lowest BCUT2D eigenvalue weighted by Crippen LogP contribution is -2.49. The number of thiophene rings is 1. The summed E-state index contributed by atoms with van der Waals surface area (Å²) in [5, 5.41) is 3.01. The van der Waals surface area contributed by atoms with Crippen molar-refractivity contribution in [2.24, 2.45) is 0 Å². The second kappa shape index (κ2) is 7.48. The molecule has 9 heteroatoms. The molecule has 0 atom stereocenters. The topological polar surface area (TPSA) is 83.5 Å². The molecule has 4 rings (SSSR count). The summed E-state index contributed by atoms with van der Waals surface area (Å²) in [6.07, 6.45) is 1.57. The van der Waals surface area contributed by atoms with Gasteiger partial charge in [0.05, 0.1) is 21.6 Å². The molecule has 1 aliphatic rings. The van der Waals surface area contributed by atoms with E-state index in [9.17, 15) is 13.2 Å². The molecule has 0 radical (unpaired) electrons. The fourth-order valence-electron chi connectivity index (χ4n) is 3.39. The van der Waals surface area contributed by atoms with Crippen LogP contribution in [0.1, 0.15) is 17.3 Å². The molecule has 0 spiro atoms. The molecule has 1 aromatic carbocycles. The molecule has 28 heavy (non-hydrogen) atoms. The zero-order chi connectivity index (χ0) is 19.7. The van der Waals surface area contributed by atoms with Gasteiger partial charge < -0.3 is 9.80 Å². The van der Waals surface area contributed by atoms with E-state index in [-0.39, 0.29) is 22.1 Å². The lowest BCUT2D eigenvalue weighted by molar-refractivity contribution is 0.0742. The van der Waals surface area contributed by atoms with Gasteiger partial charge in [-0.1, -0.05) is 19.1 Å². The van der Waals surface area contributed by atoms with Gasteiger partial charge in [0.2, 0.25) is 0 Å². The summed E-state index contributed by atoms with van der Waals surface area (Å²) in [6, 6.07) is 8.47. The molecule has 1 fully saturated rings. The molecule has 1 amide bonds. The van der Waals surface area contributed by atoms with Crippen LogP contribution < -0.4 is 4.90 Å². The van der Waals surface area contributed by atoms with Crippen molar-refractivity contribution in [2.45, 2.75) is 11.8 Å². The maximum atomic E-state index is 13.0. The molecule has 0 saturated carbocycles. The number of carbonyl (C=O) groups excluding carboxylic acids is 1. The number of fused-ring (bicyclic) bond motifs is 1. The quantitative estimate of drug-likeness (QED) is 0.650. The molecule has 3 heterocycles. The van der Waals surface area contributed by atoms with Crippen molar-refractivity contribution in [1.82, 2.24) is 14.9 Å². The number of sulfone groups is 1. The standard InChI is InChI=1S/C19H20N4O3S2/c1-2-28(25,26)16-6-4-3-5-14(16)19(24)23-10-8-22(9-11-23)17-15-7-12-27-18(15)21-13-20-17/h3-7,12-13H,2,8-11H2,1H3. The van der Waals surface area contributed by atoms with Gasteiger partial charge in [-0.3, -0.25) is 4.79 Å². The summed E-state index contributed by atoms with van der Waals surface area (Å²) in [4.78, 5) is 26.6. The number of piperazine rings is 1. The Kier molecular flexibility index (Phi) is 5.03. The Labute approximate surface area is 167 Å². The molecule has 1 saturated heterocycles. The van der Waals surface area contributed by atoms with Crippen LogP contribution in [0.2, 0.25) is 0 Å². The van der Waals surface area contributed by atoms with Gasteiger partial charge in [0.1, 0.15) is 17.0 Å². The van der Waals surface area contributed by atoms with Gasteiger partial charge in [0.15, 0.2) is 9.84 Å². The summed E-state index contributed by atoms with van der Waals surface area (Å²) in [5.41, 5.74) is 0.250. The highest BCUT2D eigenvalue weighted by molar-refractivity contribution is 7.91. The maximum absolute atomic E-state index is 13.0. The molecule has 2 aromatic heterocycles. The van der Waals surface area contributed by atoms with E-state index in [1.807, 2.05) is 11.4 Å². The fraction of sp³-hybridized carbons (Fsp3) is 0.316. The van der Waals surface area contributed by atoms with Crippen molar-refractivity contribution < 1.29 is 13.2 Å². The average molecular weight is 417 g/mol. The van der Waals surface area contributed by atoms with Gasteiger partial charge in [-0.05, 0) is 23.6 Å². The Balaban J connectivity index is 1.53. The van der Waals surface area contributed by atoms with E-state index >= 15 is 0 Å². The number of anilines is 1. The van der Waals surface area contributed by atoms with Crippen LogP contribution in [0.4, 0.5) is 5.82 Å². The second-order valence-corrected chi connectivity index (χ2v) is 9.66. The van der Waals surface area contributed by atoms with Gasteiger partial charge in [0, 0.05) is 26.2 Å². The predicted octanol–water partition coefficient (Wildman–Crippen LogP) is 2.45. The van der Waals surface area contributed by atoms with Gasteiger partial charge in [-0.2, -0.15) is 0 Å². The zero-order valence-corrected chi connectivity index (χ0v) is 17.0. The van der Waals surface area contributed by atoms with Crippen molar-refractivity contribution in [3.63, 3.8) is 0 Å². The monoisotopic (exact) mass is 416 g/mol. The van der Waals surface area contributed by atoms with Gasteiger partial charge in [0.25, 0.3) is 5.91 Å². The fourth-order valence-corrected chi connectivity index (χ4v) is 5.21. The molecule has 7 nitrogen and oxygen atoms in total.